The minimum Gasteiger partial charge on any atom is -0.489 e. The molecule has 0 amide bonds. The van der Waals surface area contributed by atoms with E-state index in [4.69, 9.17) is 9.47 Å². The summed E-state index contributed by atoms with van der Waals surface area (Å²) in [5.41, 5.74) is 3.03. The third-order valence-electron chi connectivity index (χ3n) is 5.69. The van der Waals surface area contributed by atoms with Crippen molar-refractivity contribution >= 4 is 50.4 Å². The first-order valence-corrected chi connectivity index (χ1v) is 13.9. The van der Waals surface area contributed by atoms with Crippen molar-refractivity contribution in [3.63, 3.8) is 0 Å². The van der Waals surface area contributed by atoms with Gasteiger partial charge in [-0.25, -0.2) is 13.4 Å². The van der Waals surface area contributed by atoms with Gasteiger partial charge in [0, 0.05) is 33.3 Å². The number of ether oxygens (including phenoxy) is 2. The van der Waals surface area contributed by atoms with Gasteiger partial charge in [-0.2, -0.15) is 4.98 Å². The number of ketones is 1. The molecule has 0 radical (unpaired) electrons. The standard InChI is InChI=1S/C27H23N5O5S2/c1-36-25-26(29-16-30-27(25)37-2)32-39(34,35)19-10-8-18(9-11-19)28-14-13-22(33)17-7-12-24-21(15-17)31-20-5-3-4-6-23(20)38-24/h3-16,28,31H,1-2H3,(H,29,30,32)/b14-13-. The van der Waals surface area contributed by atoms with Gasteiger partial charge in [0.05, 0.1) is 30.5 Å². The fraction of sp³-hybridized carbons (Fsp3) is 0.0741. The number of carbonyl (C=O) groups is 1. The number of fused-ring (bicyclic) bond motifs is 2. The van der Waals surface area contributed by atoms with Gasteiger partial charge in [0.2, 0.25) is 5.75 Å². The molecule has 0 unspecified atom stereocenters. The van der Waals surface area contributed by atoms with Gasteiger partial charge < -0.3 is 20.1 Å². The van der Waals surface area contributed by atoms with Crippen LogP contribution in [0.1, 0.15) is 10.4 Å². The van der Waals surface area contributed by atoms with Crippen molar-refractivity contribution in [2.24, 2.45) is 0 Å². The quantitative estimate of drug-likeness (QED) is 0.161. The molecule has 0 saturated heterocycles. The van der Waals surface area contributed by atoms with Gasteiger partial charge >= 0.3 is 0 Å². The number of allylic oxidation sites excluding steroid dienone is 1. The smallest absolute Gasteiger partial charge is 0.263 e. The highest BCUT2D eigenvalue weighted by Gasteiger charge is 2.21. The normalized spacial score (nSPS) is 12.2. The van der Waals surface area contributed by atoms with Crippen molar-refractivity contribution in [3.05, 3.63) is 90.9 Å². The van der Waals surface area contributed by atoms with Crippen LogP contribution in [0.2, 0.25) is 0 Å². The summed E-state index contributed by atoms with van der Waals surface area (Å²) >= 11 is 1.65. The Morgan fingerprint density at radius 3 is 2.49 bits per heavy atom. The molecule has 4 aromatic rings. The molecule has 1 aromatic heterocycles. The van der Waals surface area contributed by atoms with Crippen molar-refractivity contribution in [1.29, 1.82) is 0 Å². The maximum atomic E-state index is 12.9. The Morgan fingerprint density at radius 2 is 1.72 bits per heavy atom. The number of nitrogens with one attached hydrogen (secondary N) is 3. The second-order valence-electron chi connectivity index (χ2n) is 8.17. The molecule has 3 aromatic carbocycles. The van der Waals surface area contributed by atoms with E-state index in [9.17, 15) is 13.2 Å². The van der Waals surface area contributed by atoms with E-state index in [2.05, 4.69) is 31.4 Å². The predicted octanol–water partition coefficient (Wildman–Crippen LogP) is 5.31. The lowest BCUT2D eigenvalue weighted by atomic mass is 10.1. The van der Waals surface area contributed by atoms with Gasteiger partial charge in [0.1, 0.15) is 6.33 Å². The number of anilines is 4. The van der Waals surface area contributed by atoms with Crippen LogP contribution in [0, 0.1) is 0 Å². The number of carbonyl (C=O) groups excluding carboxylic acids is 1. The summed E-state index contributed by atoms with van der Waals surface area (Å²) in [6, 6.07) is 19.6. The largest absolute Gasteiger partial charge is 0.489 e. The Morgan fingerprint density at radius 1 is 0.949 bits per heavy atom. The van der Waals surface area contributed by atoms with Crippen molar-refractivity contribution in [1.82, 2.24) is 9.97 Å². The van der Waals surface area contributed by atoms with Crippen molar-refractivity contribution in [2.75, 3.05) is 29.6 Å². The number of para-hydroxylation sites is 1. The number of nitrogens with zero attached hydrogens (tertiary/aromatic N) is 2. The number of methoxy groups -OCH3 is 2. The van der Waals surface area contributed by atoms with Gasteiger partial charge in [-0.05, 0) is 54.6 Å². The van der Waals surface area contributed by atoms with Crippen LogP contribution in [0.15, 0.2) is 100 Å². The summed E-state index contributed by atoms with van der Waals surface area (Å²) < 4.78 is 38.4. The van der Waals surface area contributed by atoms with Crippen LogP contribution in [0.5, 0.6) is 11.6 Å². The first-order valence-electron chi connectivity index (χ1n) is 11.6. The Balaban J connectivity index is 1.23. The number of hydrogen-bond donors (Lipinski definition) is 3. The lowest BCUT2D eigenvalue weighted by Gasteiger charge is -2.20. The number of hydrogen-bond acceptors (Lipinski definition) is 10. The lowest BCUT2D eigenvalue weighted by molar-refractivity contribution is 0.104. The topological polar surface area (TPSA) is 132 Å². The first-order chi connectivity index (χ1) is 18.9. The summed E-state index contributed by atoms with van der Waals surface area (Å²) in [4.78, 5) is 22.8. The predicted molar refractivity (Wildman–Crippen MR) is 150 cm³/mol. The Kier molecular flexibility index (Phi) is 7.39. The van der Waals surface area contributed by atoms with Crippen LogP contribution in [0.25, 0.3) is 0 Å². The molecular formula is C27H23N5O5S2. The van der Waals surface area contributed by atoms with E-state index < -0.39 is 10.0 Å². The molecule has 10 nitrogen and oxygen atoms in total. The molecule has 1 aliphatic rings. The fourth-order valence-electron chi connectivity index (χ4n) is 3.78. The summed E-state index contributed by atoms with van der Waals surface area (Å²) in [6.07, 6.45) is 4.10. The second kappa shape index (κ2) is 11.1. The number of benzene rings is 3. The zero-order chi connectivity index (χ0) is 27.4. The van der Waals surface area contributed by atoms with E-state index in [-0.39, 0.29) is 28.1 Å². The van der Waals surface area contributed by atoms with Gasteiger partial charge in [0.15, 0.2) is 11.6 Å². The molecule has 0 spiro atoms. The van der Waals surface area contributed by atoms with Crippen LogP contribution in [-0.4, -0.2) is 38.4 Å². The Hall–Kier alpha value is -4.55. The summed E-state index contributed by atoms with van der Waals surface area (Å²) in [6.45, 7) is 0. The van der Waals surface area contributed by atoms with Gasteiger partial charge in [-0.1, -0.05) is 23.9 Å². The Bertz CT molecular complexity index is 1670. The van der Waals surface area contributed by atoms with Crippen molar-refractivity contribution in [3.8, 4) is 11.6 Å². The van der Waals surface area contributed by atoms with E-state index in [1.54, 1.807) is 30.0 Å². The van der Waals surface area contributed by atoms with E-state index in [1.807, 2.05) is 30.3 Å². The van der Waals surface area contributed by atoms with Gasteiger partial charge in [0.25, 0.3) is 15.9 Å². The average molecular weight is 562 g/mol. The SMILES string of the molecule is COc1ncnc(NS(=O)(=O)c2ccc(N/C=C\C(=O)c3ccc4c(c3)Nc3ccccc3S4)cc2)c1OC. The second-order valence-corrected chi connectivity index (χ2v) is 10.9. The van der Waals surface area contributed by atoms with Gasteiger partial charge in [-0.3, -0.25) is 9.52 Å². The molecule has 0 saturated carbocycles. The highest BCUT2D eigenvalue weighted by atomic mass is 32.2. The average Bonchev–Trinajstić information content (AvgIpc) is 2.95. The number of rotatable bonds is 9. The highest BCUT2D eigenvalue weighted by Crippen LogP contribution is 2.44. The molecule has 5 rings (SSSR count). The summed E-state index contributed by atoms with van der Waals surface area (Å²) in [7, 11) is -1.22. The van der Waals surface area contributed by atoms with E-state index >= 15 is 0 Å². The zero-order valence-electron chi connectivity index (χ0n) is 20.8. The molecule has 0 fully saturated rings. The maximum Gasteiger partial charge on any atom is 0.263 e. The monoisotopic (exact) mass is 561 g/mol. The lowest BCUT2D eigenvalue weighted by Crippen LogP contribution is -2.15. The molecular weight excluding hydrogens is 538 g/mol. The molecule has 1 aliphatic heterocycles. The van der Waals surface area contributed by atoms with Gasteiger partial charge in [-0.15, -0.1) is 0 Å². The maximum absolute atomic E-state index is 12.9. The third-order valence-corrected chi connectivity index (χ3v) is 8.20. The summed E-state index contributed by atoms with van der Waals surface area (Å²) in [5.74, 6) is -0.0568. The number of sulfonamides is 1. The molecule has 0 aliphatic carbocycles. The van der Waals surface area contributed by atoms with Crippen molar-refractivity contribution < 1.29 is 22.7 Å². The van der Waals surface area contributed by atoms with E-state index in [0.29, 0.717) is 11.3 Å². The molecule has 12 heteroatoms. The zero-order valence-corrected chi connectivity index (χ0v) is 22.5. The van der Waals surface area contributed by atoms with Crippen LogP contribution in [0.3, 0.4) is 0 Å². The highest BCUT2D eigenvalue weighted by molar-refractivity contribution is 7.99. The molecule has 0 atom stereocenters. The van der Waals surface area contributed by atoms with Crippen LogP contribution < -0.4 is 24.8 Å². The van der Waals surface area contributed by atoms with E-state index in [1.165, 1.54) is 45.0 Å². The minimum atomic E-state index is -3.97. The van der Waals surface area contributed by atoms with Crippen LogP contribution >= 0.6 is 11.8 Å². The van der Waals surface area contributed by atoms with Crippen LogP contribution in [-0.2, 0) is 10.0 Å². The molecule has 3 N–H and O–H groups in total. The van der Waals surface area contributed by atoms with Crippen LogP contribution in [0.4, 0.5) is 22.9 Å². The Labute approximate surface area is 229 Å². The molecule has 0 bridgehead atoms. The summed E-state index contributed by atoms with van der Waals surface area (Å²) in [5, 5.41) is 6.36. The minimum absolute atomic E-state index is 0.00809. The molecule has 2 heterocycles. The first kappa shape index (κ1) is 26.1. The molecule has 198 valence electrons. The third kappa shape index (κ3) is 5.66. The fourth-order valence-corrected chi connectivity index (χ4v) is 5.76. The van der Waals surface area contributed by atoms with E-state index in [0.717, 1.165) is 21.2 Å². The number of aromatic nitrogens is 2. The molecule has 39 heavy (non-hydrogen) atoms. The van der Waals surface area contributed by atoms with Crippen molar-refractivity contribution in [2.45, 2.75) is 14.7 Å².